The molecule has 0 fully saturated rings. The van der Waals surface area contributed by atoms with Crippen LogP contribution in [0.4, 0.5) is 0 Å². The van der Waals surface area contributed by atoms with Crippen molar-refractivity contribution in [1.82, 2.24) is 0 Å². The van der Waals surface area contributed by atoms with Gasteiger partial charge in [0.25, 0.3) is 0 Å². The Balaban J connectivity index is 3.15. The van der Waals surface area contributed by atoms with E-state index in [4.69, 9.17) is 10.2 Å². The van der Waals surface area contributed by atoms with Gasteiger partial charge in [-0.2, -0.15) is 0 Å². The summed E-state index contributed by atoms with van der Waals surface area (Å²) >= 11 is 0. The van der Waals surface area contributed by atoms with E-state index >= 15 is 0 Å². The van der Waals surface area contributed by atoms with Crippen molar-refractivity contribution in [2.45, 2.75) is 200 Å². The van der Waals surface area contributed by atoms with Crippen LogP contribution in [0.25, 0.3) is 0 Å². The maximum atomic E-state index is 11.1. The van der Waals surface area contributed by atoms with Crippen LogP contribution in [0, 0.1) is 5.92 Å². The van der Waals surface area contributed by atoms with E-state index in [0.717, 1.165) is 19.3 Å². The molecule has 0 aliphatic rings. The summed E-state index contributed by atoms with van der Waals surface area (Å²) in [5.41, 5.74) is 0. The molecule has 0 heterocycles. The normalized spacial score (nSPS) is 12.1. The summed E-state index contributed by atoms with van der Waals surface area (Å²) in [6, 6.07) is 0. The summed E-state index contributed by atoms with van der Waals surface area (Å²) in [6.07, 6.45) is 38.5. The van der Waals surface area contributed by atoms with Crippen LogP contribution in [0.2, 0.25) is 0 Å². The topological polar surface area (TPSA) is 74.6 Å². The first-order valence-electron chi connectivity index (χ1n) is 17.0. The number of carbonyl (C=O) groups is 2. The molecule has 4 nitrogen and oxygen atoms in total. The molecule has 0 aromatic heterocycles. The SMILES string of the molecule is CCCCCCCCCCCCCCCCCCCCCCCCCCCCCCC(CC(=O)O)C(=O)O. The predicted molar refractivity (Wildman–Crippen MR) is 163 cm³/mol. The first-order chi connectivity index (χ1) is 18.6. The Morgan fingerprint density at radius 2 is 0.658 bits per heavy atom. The number of carboxylic acids is 2. The van der Waals surface area contributed by atoms with Crippen LogP contribution in [0.5, 0.6) is 0 Å². The molecule has 0 aliphatic carbocycles. The van der Waals surface area contributed by atoms with E-state index in [1.54, 1.807) is 0 Å². The van der Waals surface area contributed by atoms with Gasteiger partial charge in [-0.3, -0.25) is 9.59 Å². The summed E-state index contributed by atoms with van der Waals surface area (Å²) in [5.74, 6) is -2.72. The molecule has 0 rings (SSSR count). The Kier molecular flexibility index (Phi) is 29.6. The summed E-state index contributed by atoms with van der Waals surface area (Å²) in [4.78, 5) is 21.8. The summed E-state index contributed by atoms with van der Waals surface area (Å²) in [5, 5.41) is 17.8. The minimum Gasteiger partial charge on any atom is -0.481 e. The maximum absolute atomic E-state index is 11.1. The van der Waals surface area contributed by atoms with Gasteiger partial charge in [-0.05, 0) is 6.42 Å². The fourth-order valence-electron chi connectivity index (χ4n) is 5.58. The molecule has 226 valence electrons. The van der Waals surface area contributed by atoms with E-state index in [2.05, 4.69) is 6.92 Å². The minimum atomic E-state index is -1.02. The van der Waals surface area contributed by atoms with Gasteiger partial charge in [-0.15, -0.1) is 0 Å². The van der Waals surface area contributed by atoms with Gasteiger partial charge in [0.1, 0.15) is 0 Å². The van der Waals surface area contributed by atoms with Crippen LogP contribution in [0.3, 0.4) is 0 Å². The second-order valence-electron chi connectivity index (χ2n) is 12.0. The third kappa shape index (κ3) is 29.5. The summed E-state index contributed by atoms with van der Waals surface area (Å²) in [6.45, 7) is 2.29. The first-order valence-corrected chi connectivity index (χ1v) is 17.0. The lowest BCUT2D eigenvalue weighted by atomic mass is 9.97. The van der Waals surface area contributed by atoms with Crippen molar-refractivity contribution in [3.8, 4) is 0 Å². The highest BCUT2D eigenvalue weighted by Crippen LogP contribution is 2.18. The van der Waals surface area contributed by atoms with E-state index in [0.29, 0.717) is 6.42 Å². The van der Waals surface area contributed by atoms with Crippen LogP contribution < -0.4 is 0 Å². The van der Waals surface area contributed by atoms with Crippen molar-refractivity contribution in [1.29, 1.82) is 0 Å². The van der Waals surface area contributed by atoms with Gasteiger partial charge in [0.2, 0.25) is 0 Å². The molecule has 0 amide bonds. The Bertz CT molecular complexity index is 505. The summed E-state index contributed by atoms with van der Waals surface area (Å²) in [7, 11) is 0. The lowest BCUT2D eigenvalue weighted by Gasteiger charge is -2.09. The molecule has 0 aromatic rings. The average molecular weight is 539 g/mol. The number of hydrogen-bond donors (Lipinski definition) is 2. The van der Waals surface area contributed by atoms with E-state index in [9.17, 15) is 9.59 Å². The number of carboxylic acid groups (broad SMARTS) is 2. The zero-order chi connectivity index (χ0) is 27.9. The Hall–Kier alpha value is -1.06. The molecular weight excluding hydrogens is 472 g/mol. The molecule has 4 heteroatoms. The zero-order valence-corrected chi connectivity index (χ0v) is 25.5. The molecule has 1 unspecified atom stereocenters. The molecule has 2 N–H and O–H groups in total. The Morgan fingerprint density at radius 1 is 0.421 bits per heavy atom. The van der Waals surface area contributed by atoms with Crippen molar-refractivity contribution in [3.05, 3.63) is 0 Å². The largest absolute Gasteiger partial charge is 0.481 e. The second kappa shape index (κ2) is 30.5. The van der Waals surface area contributed by atoms with Crippen LogP contribution in [-0.2, 0) is 9.59 Å². The Labute approximate surface area is 237 Å². The molecule has 0 bridgehead atoms. The lowest BCUT2D eigenvalue weighted by molar-refractivity contribution is -0.148. The van der Waals surface area contributed by atoms with Crippen LogP contribution in [0.1, 0.15) is 200 Å². The quantitative estimate of drug-likeness (QED) is 0.0835. The van der Waals surface area contributed by atoms with Crippen molar-refractivity contribution < 1.29 is 19.8 Å². The molecule has 1 atom stereocenters. The molecule has 0 radical (unpaired) electrons. The predicted octanol–water partition coefficient (Wildman–Crippen LogP) is 11.5. The highest BCUT2D eigenvalue weighted by atomic mass is 16.4. The smallest absolute Gasteiger partial charge is 0.307 e. The van der Waals surface area contributed by atoms with Gasteiger partial charge in [0, 0.05) is 0 Å². The molecule has 0 saturated heterocycles. The highest BCUT2D eigenvalue weighted by molar-refractivity contribution is 5.77. The first kappa shape index (κ1) is 36.9. The monoisotopic (exact) mass is 538 g/mol. The second-order valence-corrected chi connectivity index (χ2v) is 12.0. The van der Waals surface area contributed by atoms with Crippen LogP contribution in [-0.4, -0.2) is 22.2 Å². The van der Waals surface area contributed by atoms with Crippen molar-refractivity contribution >= 4 is 11.9 Å². The van der Waals surface area contributed by atoms with E-state index in [1.165, 1.54) is 161 Å². The number of hydrogen-bond acceptors (Lipinski definition) is 2. The molecule has 0 aliphatic heterocycles. The number of rotatable bonds is 32. The molecule has 38 heavy (non-hydrogen) atoms. The van der Waals surface area contributed by atoms with E-state index in [-0.39, 0.29) is 6.42 Å². The summed E-state index contributed by atoms with van der Waals surface area (Å²) < 4.78 is 0. The van der Waals surface area contributed by atoms with Crippen molar-refractivity contribution in [2.24, 2.45) is 5.92 Å². The fraction of sp³-hybridized carbons (Fsp3) is 0.941. The molecular formula is C34H66O4. The third-order valence-electron chi connectivity index (χ3n) is 8.18. The average Bonchev–Trinajstić information content (AvgIpc) is 2.89. The molecule has 0 aromatic carbocycles. The van der Waals surface area contributed by atoms with Crippen LogP contribution in [0.15, 0.2) is 0 Å². The van der Waals surface area contributed by atoms with Gasteiger partial charge in [-0.25, -0.2) is 0 Å². The fourth-order valence-corrected chi connectivity index (χ4v) is 5.58. The molecule has 0 spiro atoms. The van der Waals surface area contributed by atoms with E-state index < -0.39 is 17.9 Å². The molecule has 0 saturated carbocycles. The van der Waals surface area contributed by atoms with Crippen molar-refractivity contribution in [2.75, 3.05) is 0 Å². The van der Waals surface area contributed by atoms with Crippen LogP contribution >= 0.6 is 0 Å². The van der Waals surface area contributed by atoms with Gasteiger partial charge >= 0.3 is 11.9 Å². The van der Waals surface area contributed by atoms with E-state index in [1.807, 2.05) is 0 Å². The zero-order valence-electron chi connectivity index (χ0n) is 25.5. The van der Waals surface area contributed by atoms with Gasteiger partial charge in [0.05, 0.1) is 12.3 Å². The highest BCUT2D eigenvalue weighted by Gasteiger charge is 2.20. The lowest BCUT2D eigenvalue weighted by Crippen LogP contribution is -2.17. The number of unbranched alkanes of at least 4 members (excludes halogenated alkanes) is 27. The minimum absolute atomic E-state index is 0.255. The number of aliphatic carboxylic acids is 2. The third-order valence-corrected chi connectivity index (χ3v) is 8.18. The van der Waals surface area contributed by atoms with Gasteiger partial charge in [-0.1, -0.05) is 187 Å². The van der Waals surface area contributed by atoms with Crippen molar-refractivity contribution in [3.63, 3.8) is 0 Å². The van der Waals surface area contributed by atoms with Gasteiger partial charge in [0.15, 0.2) is 0 Å². The maximum Gasteiger partial charge on any atom is 0.307 e. The standard InChI is InChI=1S/C34H66O4/c1-2-3-4-5-6-7-8-9-10-11-12-13-14-15-16-17-18-19-20-21-22-23-24-25-26-27-28-29-30-32(34(37)38)31-33(35)36/h32H,2-31H2,1H3,(H,35,36)(H,37,38). The Morgan fingerprint density at radius 3 is 0.868 bits per heavy atom. The van der Waals surface area contributed by atoms with Gasteiger partial charge < -0.3 is 10.2 Å².